The van der Waals surface area contributed by atoms with Crippen molar-refractivity contribution in [3.05, 3.63) is 60.3 Å². The number of aromatic hydroxyl groups is 1. The number of pyridine rings is 1. The Bertz CT molecular complexity index is 776. The minimum absolute atomic E-state index is 0.308. The van der Waals surface area contributed by atoms with Gasteiger partial charge in [-0.25, -0.2) is 10.8 Å². The van der Waals surface area contributed by atoms with E-state index in [1.165, 1.54) is 0 Å². The molecule has 21 heavy (non-hydrogen) atoms. The molecule has 0 spiro atoms. The third-order valence-corrected chi connectivity index (χ3v) is 4.30. The minimum Gasteiger partial charge on any atom is -0.507 e. The summed E-state index contributed by atoms with van der Waals surface area (Å²) in [6.45, 7) is 0. The highest BCUT2D eigenvalue weighted by molar-refractivity contribution is 7.98. The van der Waals surface area contributed by atoms with Gasteiger partial charge in [-0.1, -0.05) is 30.3 Å². The number of nitrogens with zero attached hydrogens (tertiary/aromatic N) is 1. The van der Waals surface area contributed by atoms with Gasteiger partial charge in [-0.3, -0.25) is 0 Å². The van der Waals surface area contributed by atoms with Crippen molar-refractivity contribution in [1.29, 1.82) is 0 Å². The number of nitrogens with two attached hydrogens (primary N) is 1. The van der Waals surface area contributed by atoms with E-state index in [2.05, 4.69) is 10.4 Å². The Labute approximate surface area is 127 Å². The number of phenolic OH excluding ortho intramolecular Hbond substituents is 1. The first-order valence-corrected chi connectivity index (χ1v) is 7.52. The van der Waals surface area contributed by atoms with E-state index in [1.807, 2.05) is 48.5 Å². The molecule has 106 valence electrons. The highest BCUT2D eigenvalue weighted by Gasteiger charge is 2.06. The Morgan fingerprint density at radius 3 is 2.62 bits per heavy atom. The molecule has 3 rings (SSSR count). The van der Waals surface area contributed by atoms with Crippen LogP contribution in [0.25, 0.3) is 10.8 Å². The number of benzene rings is 2. The number of fused-ring (bicyclic) bond motifs is 1. The Balaban J connectivity index is 1.87. The van der Waals surface area contributed by atoms with Crippen molar-refractivity contribution in [2.45, 2.75) is 10.6 Å². The summed E-state index contributed by atoms with van der Waals surface area (Å²) in [6.07, 6.45) is 0. The fourth-order valence-corrected chi connectivity index (χ4v) is 3.14. The molecule has 0 saturated carbocycles. The van der Waals surface area contributed by atoms with Crippen molar-refractivity contribution in [2.75, 3.05) is 5.43 Å². The lowest BCUT2D eigenvalue weighted by molar-refractivity contribution is 0.481. The average molecular weight is 297 g/mol. The molecular weight excluding hydrogens is 282 g/mol. The molecule has 0 atom stereocenters. The van der Waals surface area contributed by atoms with Gasteiger partial charge in [0.15, 0.2) is 0 Å². The highest BCUT2D eigenvalue weighted by atomic mass is 32.2. The van der Waals surface area contributed by atoms with Gasteiger partial charge in [0, 0.05) is 16.0 Å². The molecular formula is C16H15N3OS. The largest absolute Gasteiger partial charge is 0.507 e. The van der Waals surface area contributed by atoms with Crippen molar-refractivity contribution in [3.63, 3.8) is 0 Å². The van der Waals surface area contributed by atoms with Crippen LogP contribution in [0.2, 0.25) is 0 Å². The zero-order valence-corrected chi connectivity index (χ0v) is 12.1. The van der Waals surface area contributed by atoms with Crippen molar-refractivity contribution < 1.29 is 5.11 Å². The van der Waals surface area contributed by atoms with Gasteiger partial charge < -0.3 is 10.5 Å². The van der Waals surface area contributed by atoms with E-state index < -0.39 is 0 Å². The Morgan fingerprint density at radius 1 is 1.00 bits per heavy atom. The molecule has 1 aromatic heterocycles. The van der Waals surface area contributed by atoms with E-state index in [0.29, 0.717) is 11.6 Å². The number of hydrogen-bond donors (Lipinski definition) is 3. The summed E-state index contributed by atoms with van der Waals surface area (Å²) < 4.78 is 0. The molecule has 5 heteroatoms. The molecule has 0 aliphatic rings. The van der Waals surface area contributed by atoms with Gasteiger partial charge in [-0.15, -0.1) is 11.8 Å². The monoisotopic (exact) mass is 297 g/mol. The second kappa shape index (κ2) is 6.03. The van der Waals surface area contributed by atoms with E-state index >= 15 is 0 Å². The van der Waals surface area contributed by atoms with Crippen molar-refractivity contribution in [1.82, 2.24) is 4.98 Å². The number of aromatic nitrogens is 1. The molecule has 4 N–H and O–H groups in total. The summed E-state index contributed by atoms with van der Waals surface area (Å²) in [7, 11) is 0. The summed E-state index contributed by atoms with van der Waals surface area (Å²) in [5, 5.41) is 11.8. The molecule has 0 aliphatic carbocycles. The zero-order valence-electron chi connectivity index (χ0n) is 11.3. The lowest BCUT2D eigenvalue weighted by Crippen LogP contribution is -2.08. The van der Waals surface area contributed by atoms with Crippen LogP contribution >= 0.6 is 11.8 Å². The van der Waals surface area contributed by atoms with Crippen LogP contribution in [-0.4, -0.2) is 10.1 Å². The molecule has 0 bridgehead atoms. The van der Waals surface area contributed by atoms with E-state index in [9.17, 15) is 5.11 Å². The first-order valence-electron chi connectivity index (χ1n) is 6.54. The molecule has 2 aromatic carbocycles. The summed E-state index contributed by atoms with van der Waals surface area (Å²) >= 11 is 1.69. The maximum atomic E-state index is 9.91. The fourth-order valence-electron chi connectivity index (χ4n) is 2.17. The smallest absolute Gasteiger partial charge is 0.140 e. The maximum absolute atomic E-state index is 9.91. The van der Waals surface area contributed by atoms with Gasteiger partial charge in [-0.05, 0) is 29.7 Å². The number of hydrazine groups is 1. The first kappa shape index (κ1) is 13.7. The Kier molecular flexibility index (Phi) is 3.94. The maximum Gasteiger partial charge on any atom is 0.140 e. The van der Waals surface area contributed by atoms with Crippen LogP contribution in [0.3, 0.4) is 0 Å². The Hall–Kier alpha value is -2.24. The molecule has 4 nitrogen and oxygen atoms in total. The van der Waals surface area contributed by atoms with Crippen LogP contribution < -0.4 is 11.3 Å². The SMILES string of the molecule is NNc1cccc(CSc2ccc(O)c3ccccc23)n1. The molecule has 0 unspecified atom stereocenters. The second-order valence-electron chi connectivity index (χ2n) is 4.58. The first-order chi connectivity index (χ1) is 10.3. The number of nitrogen functional groups attached to an aromatic ring is 1. The number of phenols is 1. The second-order valence-corrected chi connectivity index (χ2v) is 5.59. The van der Waals surface area contributed by atoms with Crippen molar-refractivity contribution in [2.24, 2.45) is 5.84 Å². The van der Waals surface area contributed by atoms with E-state index in [1.54, 1.807) is 17.8 Å². The van der Waals surface area contributed by atoms with Crippen LogP contribution in [0.5, 0.6) is 5.75 Å². The van der Waals surface area contributed by atoms with E-state index in [0.717, 1.165) is 27.1 Å². The highest BCUT2D eigenvalue weighted by Crippen LogP contribution is 2.34. The normalized spacial score (nSPS) is 10.7. The molecule has 0 amide bonds. The lowest BCUT2D eigenvalue weighted by atomic mass is 10.1. The predicted molar refractivity (Wildman–Crippen MR) is 87.2 cm³/mol. The number of anilines is 1. The molecule has 3 aromatic rings. The van der Waals surface area contributed by atoms with Crippen LogP contribution in [0.4, 0.5) is 5.82 Å². The molecule has 0 saturated heterocycles. The number of rotatable bonds is 4. The molecule has 1 heterocycles. The minimum atomic E-state index is 0.308. The van der Waals surface area contributed by atoms with Crippen LogP contribution in [0.15, 0.2) is 59.5 Å². The topological polar surface area (TPSA) is 71.2 Å². The summed E-state index contributed by atoms with van der Waals surface area (Å²) in [5.74, 6) is 7.07. The van der Waals surface area contributed by atoms with Crippen molar-refractivity contribution >= 4 is 28.4 Å². The van der Waals surface area contributed by atoms with Crippen LogP contribution in [-0.2, 0) is 5.75 Å². The van der Waals surface area contributed by atoms with Gasteiger partial charge in [0.1, 0.15) is 11.6 Å². The predicted octanol–water partition coefficient (Wildman–Crippen LogP) is 3.52. The zero-order chi connectivity index (χ0) is 14.7. The van der Waals surface area contributed by atoms with Gasteiger partial charge in [0.25, 0.3) is 0 Å². The van der Waals surface area contributed by atoms with Gasteiger partial charge in [-0.2, -0.15) is 0 Å². The van der Waals surface area contributed by atoms with Gasteiger partial charge in [0.05, 0.1) is 5.69 Å². The molecule has 0 aliphatic heterocycles. The van der Waals surface area contributed by atoms with E-state index in [4.69, 9.17) is 5.84 Å². The lowest BCUT2D eigenvalue weighted by Gasteiger charge is -2.08. The van der Waals surface area contributed by atoms with Gasteiger partial charge in [0.2, 0.25) is 0 Å². The molecule has 0 radical (unpaired) electrons. The number of nitrogens with one attached hydrogen (secondary N) is 1. The third kappa shape index (κ3) is 2.94. The van der Waals surface area contributed by atoms with Crippen LogP contribution in [0, 0.1) is 0 Å². The summed E-state index contributed by atoms with van der Waals surface area (Å²) in [6, 6.07) is 17.2. The average Bonchev–Trinajstić information content (AvgIpc) is 2.55. The molecule has 0 fully saturated rings. The number of thioether (sulfide) groups is 1. The third-order valence-electron chi connectivity index (χ3n) is 3.19. The van der Waals surface area contributed by atoms with Gasteiger partial charge >= 0.3 is 0 Å². The quantitative estimate of drug-likeness (QED) is 0.390. The summed E-state index contributed by atoms with van der Waals surface area (Å²) in [5.41, 5.74) is 3.50. The fraction of sp³-hybridized carbons (Fsp3) is 0.0625. The van der Waals surface area contributed by atoms with E-state index in [-0.39, 0.29) is 0 Å². The number of hydrogen-bond acceptors (Lipinski definition) is 5. The van der Waals surface area contributed by atoms with Crippen LogP contribution in [0.1, 0.15) is 5.69 Å². The van der Waals surface area contributed by atoms with Crippen molar-refractivity contribution in [3.8, 4) is 5.75 Å². The summed E-state index contributed by atoms with van der Waals surface area (Å²) in [4.78, 5) is 5.52. The standard InChI is InChI=1S/C16H15N3OS/c17-19-16-7-3-4-11(18-16)10-21-15-9-8-14(20)12-5-1-2-6-13(12)15/h1-9,20H,10,17H2,(H,18,19). The Morgan fingerprint density at radius 2 is 1.81 bits per heavy atom.